The molecule has 7 nitrogen and oxygen atoms in total. The van der Waals surface area contributed by atoms with E-state index >= 15 is 0 Å². The standard InChI is InChI=1S/C12H23N5O2S/c1-9-8-17(6-5-16(9)4)20(18,19)12-10(2)14-15-11(12)7-13-3/h9,13H,5-8H2,1-4H3,(H,14,15). The van der Waals surface area contributed by atoms with Crippen LogP contribution >= 0.6 is 0 Å². The van der Waals surface area contributed by atoms with E-state index in [1.807, 2.05) is 14.0 Å². The van der Waals surface area contributed by atoms with E-state index in [-0.39, 0.29) is 6.04 Å². The van der Waals surface area contributed by atoms with E-state index in [1.54, 1.807) is 18.3 Å². The first-order valence-corrected chi connectivity index (χ1v) is 8.20. The van der Waals surface area contributed by atoms with E-state index in [9.17, 15) is 8.42 Å². The Hall–Kier alpha value is -0.960. The molecule has 1 aromatic heterocycles. The lowest BCUT2D eigenvalue weighted by molar-refractivity contribution is 0.159. The maximum Gasteiger partial charge on any atom is 0.246 e. The average Bonchev–Trinajstić information content (AvgIpc) is 2.75. The van der Waals surface area contributed by atoms with Crippen molar-refractivity contribution in [1.29, 1.82) is 0 Å². The van der Waals surface area contributed by atoms with Crippen molar-refractivity contribution >= 4 is 10.0 Å². The smallest absolute Gasteiger partial charge is 0.246 e. The van der Waals surface area contributed by atoms with E-state index in [0.717, 1.165) is 6.54 Å². The average molecular weight is 301 g/mol. The summed E-state index contributed by atoms with van der Waals surface area (Å²) >= 11 is 0. The number of sulfonamides is 1. The molecule has 20 heavy (non-hydrogen) atoms. The Labute approximate surface area is 120 Å². The molecule has 1 aliphatic rings. The van der Waals surface area contributed by atoms with Crippen molar-refractivity contribution in [2.45, 2.75) is 31.3 Å². The van der Waals surface area contributed by atoms with Crippen molar-refractivity contribution in [3.63, 3.8) is 0 Å². The molecule has 1 saturated heterocycles. The number of aromatic nitrogens is 2. The van der Waals surface area contributed by atoms with Gasteiger partial charge in [0.25, 0.3) is 0 Å². The third-order valence-corrected chi connectivity index (χ3v) is 5.89. The number of aromatic amines is 1. The molecule has 0 bridgehead atoms. The van der Waals surface area contributed by atoms with Gasteiger partial charge >= 0.3 is 0 Å². The SMILES string of the molecule is CNCc1n[nH]c(C)c1S(=O)(=O)N1CCN(C)C(C)C1. The minimum Gasteiger partial charge on any atom is -0.314 e. The van der Waals surface area contributed by atoms with Gasteiger partial charge in [-0.1, -0.05) is 0 Å². The van der Waals surface area contributed by atoms with Gasteiger partial charge in [-0.2, -0.15) is 9.40 Å². The van der Waals surface area contributed by atoms with Gasteiger partial charge in [-0.15, -0.1) is 0 Å². The van der Waals surface area contributed by atoms with Crippen LogP contribution in [0.2, 0.25) is 0 Å². The molecule has 114 valence electrons. The molecular formula is C12H23N5O2S. The number of aryl methyl sites for hydroxylation is 1. The van der Waals surface area contributed by atoms with Gasteiger partial charge in [0.15, 0.2) is 0 Å². The van der Waals surface area contributed by atoms with Crippen LogP contribution in [0, 0.1) is 6.92 Å². The summed E-state index contributed by atoms with van der Waals surface area (Å²) in [6.07, 6.45) is 0. The Balaban J connectivity index is 2.33. The second-order valence-electron chi connectivity index (χ2n) is 5.35. The highest BCUT2D eigenvalue weighted by Crippen LogP contribution is 2.24. The zero-order valence-electron chi connectivity index (χ0n) is 12.5. The minimum absolute atomic E-state index is 0.221. The Morgan fingerprint density at radius 3 is 2.75 bits per heavy atom. The topological polar surface area (TPSA) is 81.3 Å². The van der Waals surface area contributed by atoms with Gasteiger partial charge in [0.2, 0.25) is 10.0 Å². The van der Waals surface area contributed by atoms with Crippen molar-refractivity contribution in [3.8, 4) is 0 Å². The first-order valence-electron chi connectivity index (χ1n) is 6.76. The molecule has 1 atom stereocenters. The van der Waals surface area contributed by atoms with E-state index in [4.69, 9.17) is 0 Å². The molecule has 1 aromatic rings. The van der Waals surface area contributed by atoms with Gasteiger partial charge in [-0.25, -0.2) is 8.42 Å². The van der Waals surface area contributed by atoms with Crippen LogP contribution in [0.1, 0.15) is 18.3 Å². The maximum atomic E-state index is 12.8. The largest absolute Gasteiger partial charge is 0.314 e. The van der Waals surface area contributed by atoms with Crippen LogP contribution in [0.4, 0.5) is 0 Å². The Bertz CT molecular complexity index is 568. The second kappa shape index (κ2) is 5.80. The van der Waals surface area contributed by atoms with Gasteiger partial charge in [0.1, 0.15) is 4.90 Å². The summed E-state index contributed by atoms with van der Waals surface area (Å²) < 4.78 is 27.2. The number of hydrogen-bond donors (Lipinski definition) is 2. The highest BCUT2D eigenvalue weighted by molar-refractivity contribution is 7.89. The monoisotopic (exact) mass is 301 g/mol. The van der Waals surface area contributed by atoms with Crippen LogP contribution in [0.15, 0.2) is 4.90 Å². The maximum absolute atomic E-state index is 12.8. The zero-order valence-corrected chi connectivity index (χ0v) is 13.3. The van der Waals surface area contributed by atoms with Crippen LogP contribution in [-0.4, -0.2) is 67.6 Å². The van der Waals surface area contributed by atoms with Gasteiger partial charge in [-0.05, 0) is 27.9 Å². The zero-order chi connectivity index (χ0) is 14.9. The Morgan fingerprint density at radius 2 is 2.15 bits per heavy atom. The first-order chi connectivity index (χ1) is 9.37. The lowest BCUT2D eigenvalue weighted by Crippen LogP contribution is -2.52. The lowest BCUT2D eigenvalue weighted by Gasteiger charge is -2.36. The molecule has 2 rings (SSSR count). The molecule has 1 fully saturated rings. The number of nitrogens with one attached hydrogen (secondary N) is 2. The third-order valence-electron chi connectivity index (χ3n) is 3.83. The fourth-order valence-corrected chi connectivity index (χ4v) is 4.30. The molecule has 0 aromatic carbocycles. The molecule has 0 spiro atoms. The fourth-order valence-electron chi connectivity index (χ4n) is 2.46. The third kappa shape index (κ3) is 2.73. The molecule has 0 amide bonds. The molecule has 8 heteroatoms. The van der Waals surface area contributed by atoms with Crippen LogP contribution < -0.4 is 5.32 Å². The number of nitrogens with zero attached hydrogens (tertiary/aromatic N) is 3. The predicted octanol–water partition coefficient (Wildman–Crippen LogP) is -0.238. The molecule has 1 unspecified atom stereocenters. The number of piperazine rings is 1. The summed E-state index contributed by atoms with van der Waals surface area (Å²) in [4.78, 5) is 2.49. The number of hydrogen-bond acceptors (Lipinski definition) is 5. The number of H-pyrrole nitrogens is 1. The highest BCUT2D eigenvalue weighted by Gasteiger charge is 2.34. The van der Waals surface area contributed by atoms with Gasteiger partial charge < -0.3 is 10.2 Å². The lowest BCUT2D eigenvalue weighted by atomic mass is 10.2. The van der Waals surface area contributed by atoms with Gasteiger partial charge in [0.05, 0.1) is 11.4 Å². The van der Waals surface area contributed by atoms with Gasteiger partial charge in [0, 0.05) is 32.2 Å². The predicted molar refractivity (Wildman–Crippen MR) is 76.9 cm³/mol. The van der Waals surface area contributed by atoms with Crippen LogP contribution in [0.5, 0.6) is 0 Å². The summed E-state index contributed by atoms with van der Waals surface area (Å²) in [5, 5.41) is 9.83. The van der Waals surface area contributed by atoms with Gasteiger partial charge in [-0.3, -0.25) is 5.10 Å². The molecule has 2 N–H and O–H groups in total. The summed E-state index contributed by atoms with van der Waals surface area (Å²) in [6.45, 7) is 6.01. The quantitative estimate of drug-likeness (QED) is 0.802. The summed E-state index contributed by atoms with van der Waals surface area (Å²) in [7, 11) is 0.308. The molecule has 0 aliphatic carbocycles. The molecular weight excluding hydrogens is 278 g/mol. The van der Waals surface area contributed by atoms with Crippen molar-refractivity contribution in [3.05, 3.63) is 11.4 Å². The normalized spacial score (nSPS) is 22.3. The van der Waals surface area contributed by atoms with Crippen molar-refractivity contribution in [2.75, 3.05) is 33.7 Å². The van der Waals surface area contributed by atoms with E-state index in [0.29, 0.717) is 35.9 Å². The second-order valence-corrected chi connectivity index (χ2v) is 7.22. The molecule has 0 radical (unpaired) electrons. The van der Waals surface area contributed by atoms with Crippen molar-refractivity contribution < 1.29 is 8.42 Å². The summed E-state index contributed by atoms with van der Waals surface area (Å²) in [5.41, 5.74) is 1.15. The molecule has 2 heterocycles. The minimum atomic E-state index is -3.49. The van der Waals surface area contributed by atoms with E-state index in [2.05, 4.69) is 20.4 Å². The Morgan fingerprint density at radius 1 is 1.45 bits per heavy atom. The summed E-state index contributed by atoms with van der Waals surface area (Å²) in [5.74, 6) is 0. The Kier molecular flexibility index (Phi) is 4.48. The fraction of sp³-hybridized carbons (Fsp3) is 0.750. The first kappa shape index (κ1) is 15.4. The van der Waals surface area contributed by atoms with Crippen molar-refractivity contribution in [2.24, 2.45) is 0 Å². The van der Waals surface area contributed by atoms with E-state index in [1.165, 1.54) is 0 Å². The summed E-state index contributed by atoms with van der Waals surface area (Å²) in [6, 6.07) is 0.221. The number of likely N-dealkylation sites (N-methyl/N-ethyl adjacent to an activating group) is 1. The number of rotatable bonds is 4. The molecule has 1 aliphatic heterocycles. The van der Waals surface area contributed by atoms with Crippen LogP contribution in [0.25, 0.3) is 0 Å². The van der Waals surface area contributed by atoms with Crippen LogP contribution in [-0.2, 0) is 16.6 Å². The highest BCUT2D eigenvalue weighted by atomic mass is 32.2. The van der Waals surface area contributed by atoms with E-state index < -0.39 is 10.0 Å². The molecule has 0 saturated carbocycles. The van der Waals surface area contributed by atoms with Crippen molar-refractivity contribution in [1.82, 2.24) is 24.7 Å². The van der Waals surface area contributed by atoms with Crippen LogP contribution in [0.3, 0.4) is 0 Å².